The average Bonchev–Trinajstić information content (AvgIpc) is 2.78. The molecular weight excluding hydrogens is 334 g/mol. The molecule has 0 aliphatic carbocycles. The highest BCUT2D eigenvalue weighted by atomic mass is 79.9. The highest BCUT2D eigenvalue weighted by Gasteiger charge is 2.21. The summed E-state index contributed by atoms with van der Waals surface area (Å²) in [6.45, 7) is 1.60. The van der Waals surface area contributed by atoms with Crippen molar-refractivity contribution in [1.29, 1.82) is 0 Å². The van der Waals surface area contributed by atoms with E-state index in [0.717, 1.165) is 9.35 Å². The average molecular weight is 347 g/mol. The topological polar surface area (TPSA) is 38.0 Å². The molecular formula is C13H13BrF2N2S. The molecule has 3 N–H and O–H groups in total. The van der Waals surface area contributed by atoms with Crippen LogP contribution in [0.2, 0.25) is 0 Å². The minimum absolute atomic E-state index is 0.00739. The van der Waals surface area contributed by atoms with E-state index < -0.39 is 17.7 Å². The molecule has 0 saturated carbocycles. The van der Waals surface area contributed by atoms with E-state index in [9.17, 15) is 8.78 Å². The summed E-state index contributed by atoms with van der Waals surface area (Å²) in [6.07, 6.45) is 0.435. The number of nitrogens with two attached hydrogens (primary N) is 1. The van der Waals surface area contributed by atoms with Gasteiger partial charge < -0.3 is 0 Å². The Morgan fingerprint density at radius 1 is 1.42 bits per heavy atom. The molecule has 1 aromatic carbocycles. The van der Waals surface area contributed by atoms with Gasteiger partial charge >= 0.3 is 0 Å². The fourth-order valence-corrected chi connectivity index (χ4v) is 3.40. The first-order chi connectivity index (χ1) is 9.02. The predicted molar refractivity (Wildman–Crippen MR) is 76.9 cm³/mol. The third-order valence-corrected chi connectivity index (χ3v) is 4.62. The summed E-state index contributed by atoms with van der Waals surface area (Å²) < 4.78 is 28.9. The number of hydrazine groups is 1. The second-order valence-corrected chi connectivity index (χ2v) is 6.16. The Morgan fingerprint density at radius 3 is 2.74 bits per heavy atom. The van der Waals surface area contributed by atoms with Crippen LogP contribution in [-0.4, -0.2) is 0 Å². The zero-order chi connectivity index (χ0) is 14.0. The van der Waals surface area contributed by atoms with Crippen molar-refractivity contribution in [2.75, 3.05) is 0 Å². The van der Waals surface area contributed by atoms with Crippen LogP contribution in [-0.2, 0) is 6.42 Å². The molecule has 0 fully saturated rings. The summed E-state index contributed by atoms with van der Waals surface area (Å²) in [6, 6.07) is 4.01. The van der Waals surface area contributed by atoms with Crippen molar-refractivity contribution in [2.24, 2.45) is 5.84 Å². The summed E-state index contributed by atoms with van der Waals surface area (Å²) in [4.78, 5) is 0.995. The number of rotatable bonds is 4. The largest absolute Gasteiger partial charge is 0.271 e. The van der Waals surface area contributed by atoms with Gasteiger partial charge in [-0.1, -0.05) is 6.07 Å². The van der Waals surface area contributed by atoms with Crippen molar-refractivity contribution >= 4 is 27.3 Å². The third kappa shape index (κ3) is 3.20. The number of hydrogen-bond donors (Lipinski definition) is 2. The molecule has 1 heterocycles. The van der Waals surface area contributed by atoms with Crippen molar-refractivity contribution < 1.29 is 8.78 Å². The molecule has 0 amide bonds. The molecule has 102 valence electrons. The van der Waals surface area contributed by atoms with Crippen molar-refractivity contribution in [1.82, 2.24) is 5.43 Å². The lowest BCUT2D eigenvalue weighted by Gasteiger charge is -2.18. The van der Waals surface area contributed by atoms with Crippen LogP contribution in [0.25, 0.3) is 0 Å². The van der Waals surface area contributed by atoms with Gasteiger partial charge in [-0.15, -0.1) is 11.3 Å². The minimum Gasteiger partial charge on any atom is -0.271 e. The van der Waals surface area contributed by atoms with Gasteiger partial charge in [-0.3, -0.25) is 11.3 Å². The number of benzene rings is 1. The highest BCUT2D eigenvalue weighted by Crippen LogP contribution is 2.29. The summed E-state index contributed by atoms with van der Waals surface area (Å²) in [7, 11) is 0. The lowest BCUT2D eigenvalue weighted by atomic mass is 10.00. The van der Waals surface area contributed by atoms with Gasteiger partial charge in [0.25, 0.3) is 0 Å². The van der Waals surface area contributed by atoms with Crippen molar-refractivity contribution in [3.63, 3.8) is 0 Å². The number of aryl methyl sites for hydroxylation is 1. The Hall–Kier alpha value is -0.820. The first kappa shape index (κ1) is 14.6. The lowest BCUT2D eigenvalue weighted by Crippen LogP contribution is -2.31. The van der Waals surface area contributed by atoms with Crippen LogP contribution in [0.1, 0.15) is 22.0 Å². The van der Waals surface area contributed by atoms with E-state index in [1.54, 1.807) is 6.92 Å². The second kappa shape index (κ2) is 6.09. The van der Waals surface area contributed by atoms with Gasteiger partial charge in [-0.2, -0.15) is 0 Å². The third-order valence-electron chi connectivity index (χ3n) is 2.90. The van der Waals surface area contributed by atoms with Crippen LogP contribution in [0.4, 0.5) is 8.78 Å². The minimum atomic E-state index is -0.592. The Balaban J connectivity index is 2.34. The first-order valence-corrected chi connectivity index (χ1v) is 7.33. The molecule has 0 aliphatic rings. The molecule has 1 atom stereocenters. The number of thiophene rings is 1. The molecule has 19 heavy (non-hydrogen) atoms. The zero-order valence-electron chi connectivity index (χ0n) is 10.2. The van der Waals surface area contributed by atoms with E-state index in [1.165, 1.54) is 23.5 Å². The molecule has 0 saturated heterocycles. The summed E-state index contributed by atoms with van der Waals surface area (Å²) in [5.41, 5.74) is 2.90. The van der Waals surface area contributed by atoms with Crippen molar-refractivity contribution in [2.45, 2.75) is 19.4 Å². The zero-order valence-corrected chi connectivity index (χ0v) is 12.6. The van der Waals surface area contributed by atoms with Crippen LogP contribution in [0.5, 0.6) is 0 Å². The summed E-state index contributed by atoms with van der Waals surface area (Å²) >= 11 is 4.87. The SMILES string of the molecule is Cc1ccc(F)c(C(Cc2cc(Br)cs2)NN)c1F. The number of halogens is 3. The predicted octanol–water partition coefficient (Wildman–Crippen LogP) is 3.84. The van der Waals surface area contributed by atoms with Gasteiger partial charge in [0.05, 0.1) is 6.04 Å². The molecule has 6 heteroatoms. The summed E-state index contributed by atoms with van der Waals surface area (Å²) in [5.74, 6) is 4.33. The fourth-order valence-electron chi connectivity index (χ4n) is 1.90. The molecule has 2 nitrogen and oxygen atoms in total. The van der Waals surface area contributed by atoms with E-state index >= 15 is 0 Å². The second-order valence-electron chi connectivity index (χ2n) is 4.25. The molecule has 1 aromatic heterocycles. The van der Waals surface area contributed by atoms with E-state index in [-0.39, 0.29) is 5.56 Å². The maximum absolute atomic E-state index is 14.1. The van der Waals surface area contributed by atoms with Crippen LogP contribution in [0, 0.1) is 18.6 Å². The van der Waals surface area contributed by atoms with Crippen LogP contribution >= 0.6 is 27.3 Å². The molecule has 2 rings (SSSR count). The van der Waals surface area contributed by atoms with E-state index in [1.807, 2.05) is 11.4 Å². The standard InChI is InChI=1S/C13H13BrF2N2S/c1-7-2-3-10(15)12(13(7)16)11(18-17)5-9-4-8(14)6-19-9/h2-4,6,11,18H,5,17H2,1H3. The van der Waals surface area contributed by atoms with Crippen LogP contribution in [0.15, 0.2) is 28.1 Å². The number of hydrogen-bond acceptors (Lipinski definition) is 3. The van der Waals surface area contributed by atoms with Gasteiger partial charge in [-0.25, -0.2) is 8.78 Å². The first-order valence-electron chi connectivity index (χ1n) is 5.66. The van der Waals surface area contributed by atoms with Crippen molar-refractivity contribution in [3.05, 3.63) is 55.7 Å². The van der Waals surface area contributed by atoms with Gasteiger partial charge in [0.2, 0.25) is 0 Å². The smallest absolute Gasteiger partial charge is 0.133 e. The van der Waals surface area contributed by atoms with Gasteiger partial charge in [-0.05, 0) is 40.5 Å². The van der Waals surface area contributed by atoms with Crippen LogP contribution in [0.3, 0.4) is 0 Å². The monoisotopic (exact) mass is 346 g/mol. The normalized spacial score (nSPS) is 12.7. The van der Waals surface area contributed by atoms with Gasteiger partial charge in [0.15, 0.2) is 0 Å². The van der Waals surface area contributed by atoms with Gasteiger partial charge in [0.1, 0.15) is 11.6 Å². The molecule has 1 unspecified atom stereocenters. The van der Waals surface area contributed by atoms with E-state index in [2.05, 4.69) is 21.4 Å². The van der Waals surface area contributed by atoms with Gasteiger partial charge in [0, 0.05) is 26.7 Å². The Labute approximate surface area is 122 Å². The molecule has 0 bridgehead atoms. The Morgan fingerprint density at radius 2 is 2.16 bits per heavy atom. The molecule has 0 radical (unpaired) electrons. The fraction of sp³-hybridized carbons (Fsp3) is 0.231. The van der Waals surface area contributed by atoms with Crippen LogP contribution < -0.4 is 11.3 Å². The maximum atomic E-state index is 14.1. The quantitative estimate of drug-likeness (QED) is 0.651. The lowest BCUT2D eigenvalue weighted by molar-refractivity contribution is 0.472. The molecule has 0 spiro atoms. The Bertz CT molecular complexity index is 586. The summed E-state index contributed by atoms with van der Waals surface area (Å²) in [5, 5.41) is 1.92. The number of nitrogens with one attached hydrogen (secondary N) is 1. The maximum Gasteiger partial charge on any atom is 0.133 e. The highest BCUT2D eigenvalue weighted by molar-refractivity contribution is 9.10. The van der Waals surface area contributed by atoms with E-state index in [4.69, 9.17) is 5.84 Å². The molecule has 2 aromatic rings. The molecule has 0 aliphatic heterocycles. The van der Waals surface area contributed by atoms with Crippen molar-refractivity contribution in [3.8, 4) is 0 Å². The Kier molecular flexibility index (Phi) is 4.67. The van der Waals surface area contributed by atoms with E-state index in [0.29, 0.717) is 12.0 Å².